The maximum atomic E-state index is 13.3. The summed E-state index contributed by atoms with van der Waals surface area (Å²) in [6.07, 6.45) is 3.70. The van der Waals surface area contributed by atoms with Crippen LogP contribution in [-0.4, -0.2) is 72.2 Å². The van der Waals surface area contributed by atoms with E-state index in [1.807, 2.05) is 0 Å². The fourth-order valence-electron chi connectivity index (χ4n) is 3.76. The van der Waals surface area contributed by atoms with Crippen molar-refractivity contribution in [1.82, 2.24) is 10.6 Å². The number of aliphatic imine (C=N–C) groups is 1. The van der Waals surface area contributed by atoms with Gasteiger partial charge < -0.3 is 30.0 Å². The predicted molar refractivity (Wildman–Crippen MR) is 154 cm³/mol. The monoisotopic (exact) mass is 592 g/mol. The molecule has 1 heterocycles. The van der Waals surface area contributed by atoms with E-state index in [2.05, 4.69) is 15.6 Å². The van der Waals surface area contributed by atoms with Crippen LogP contribution in [0.2, 0.25) is 0 Å². The Labute approximate surface area is 247 Å². The molecule has 3 rings (SSSR count). The molecule has 0 spiro atoms. The molecule has 0 saturated carbocycles. The van der Waals surface area contributed by atoms with Gasteiger partial charge in [-0.2, -0.15) is 0 Å². The van der Waals surface area contributed by atoms with Crippen molar-refractivity contribution in [3.05, 3.63) is 71.8 Å². The van der Waals surface area contributed by atoms with Crippen LogP contribution in [0.25, 0.3) is 0 Å². The maximum absolute atomic E-state index is 13.3. The summed E-state index contributed by atoms with van der Waals surface area (Å²) in [6, 6.07) is 11.6. The van der Waals surface area contributed by atoms with Gasteiger partial charge in [0.05, 0.1) is 12.9 Å². The Hall–Kier alpha value is -5.17. The van der Waals surface area contributed by atoms with Gasteiger partial charge in [0.2, 0.25) is 5.91 Å². The third kappa shape index (κ3) is 8.20. The van der Waals surface area contributed by atoms with Crippen molar-refractivity contribution in [2.24, 2.45) is 10.4 Å². The van der Waals surface area contributed by atoms with Gasteiger partial charge in [0, 0.05) is 24.6 Å². The molecule has 2 aromatic rings. The van der Waals surface area contributed by atoms with E-state index in [1.165, 1.54) is 56.5 Å². The van der Waals surface area contributed by atoms with Crippen LogP contribution < -0.4 is 20.1 Å². The largest absolute Gasteiger partial charge is 0.448 e. The lowest BCUT2D eigenvalue weighted by atomic mass is 9.86. The van der Waals surface area contributed by atoms with Crippen molar-refractivity contribution in [2.45, 2.75) is 38.8 Å². The zero-order valence-electron chi connectivity index (χ0n) is 23.8. The fourth-order valence-corrected chi connectivity index (χ4v) is 3.76. The lowest BCUT2D eigenvalue weighted by Gasteiger charge is -2.31. The SMILES string of the molecule is CC1(C(=O)Oc2ccccc2C(=O)Oc2ccccc2C(=O)O[C@@H](C(=O)NCCC(=O)NC=N)C(C)(C)CO)C=CC=N1. The number of hydrogen-bond acceptors (Lipinski definition) is 11. The van der Waals surface area contributed by atoms with Gasteiger partial charge >= 0.3 is 17.9 Å². The Morgan fingerprint density at radius 2 is 1.60 bits per heavy atom. The number of para-hydroxylation sites is 2. The van der Waals surface area contributed by atoms with Gasteiger partial charge in [-0.3, -0.25) is 20.0 Å². The van der Waals surface area contributed by atoms with E-state index < -0.39 is 53.4 Å². The lowest BCUT2D eigenvalue weighted by Crippen LogP contribution is -2.48. The van der Waals surface area contributed by atoms with Crippen molar-refractivity contribution in [3.8, 4) is 11.5 Å². The first-order valence-electron chi connectivity index (χ1n) is 13.2. The molecule has 13 nitrogen and oxygen atoms in total. The van der Waals surface area contributed by atoms with Gasteiger partial charge in [-0.05, 0) is 43.3 Å². The van der Waals surface area contributed by atoms with Crippen molar-refractivity contribution >= 4 is 42.3 Å². The van der Waals surface area contributed by atoms with Gasteiger partial charge in [-0.1, -0.05) is 38.1 Å². The number of amides is 2. The van der Waals surface area contributed by atoms with Crippen LogP contribution >= 0.6 is 0 Å². The first-order chi connectivity index (χ1) is 20.4. The number of aliphatic hydroxyl groups is 1. The highest BCUT2D eigenvalue weighted by Gasteiger charge is 2.39. The minimum absolute atomic E-state index is 0.0787. The summed E-state index contributed by atoms with van der Waals surface area (Å²) >= 11 is 0. The van der Waals surface area contributed by atoms with Crippen molar-refractivity contribution in [3.63, 3.8) is 0 Å². The zero-order valence-corrected chi connectivity index (χ0v) is 23.8. The Bertz CT molecular complexity index is 1450. The molecule has 0 aliphatic carbocycles. The summed E-state index contributed by atoms with van der Waals surface area (Å²) < 4.78 is 16.5. The molecular weight excluding hydrogens is 560 g/mol. The molecular formula is C30H32N4O9. The normalized spacial score (nSPS) is 16.1. The summed E-state index contributed by atoms with van der Waals surface area (Å²) in [5.41, 5.74) is -2.77. The summed E-state index contributed by atoms with van der Waals surface area (Å²) in [6.45, 7) is 3.92. The summed E-state index contributed by atoms with van der Waals surface area (Å²) in [5.74, 6) is -4.22. The fraction of sp³-hybridized carbons (Fsp3) is 0.300. The van der Waals surface area contributed by atoms with E-state index in [0.717, 1.165) is 0 Å². The average Bonchev–Trinajstić information content (AvgIpc) is 3.44. The van der Waals surface area contributed by atoms with Crippen LogP contribution in [0.15, 0.2) is 65.7 Å². The van der Waals surface area contributed by atoms with Crippen molar-refractivity contribution in [2.75, 3.05) is 13.2 Å². The average molecular weight is 593 g/mol. The molecule has 2 amide bonds. The van der Waals surface area contributed by atoms with Crippen LogP contribution in [0.3, 0.4) is 0 Å². The van der Waals surface area contributed by atoms with Gasteiger partial charge in [-0.25, -0.2) is 14.4 Å². The van der Waals surface area contributed by atoms with Gasteiger partial charge in [0.25, 0.3) is 5.91 Å². The topological polar surface area (TPSA) is 194 Å². The molecule has 2 aromatic carbocycles. The van der Waals surface area contributed by atoms with E-state index >= 15 is 0 Å². The van der Waals surface area contributed by atoms with E-state index in [0.29, 0.717) is 6.34 Å². The number of benzene rings is 2. The number of carbonyl (C=O) groups is 5. The number of nitrogens with one attached hydrogen (secondary N) is 3. The summed E-state index contributed by atoms with van der Waals surface area (Å²) in [7, 11) is 0. The predicted octanol–water partition coefficient (Wildman–Crippen LogP) is 1.98. The molecule has 2 atom stereocenters. The number of aliphatic hydroxyl groups excluding tert-OH is 1. The molecule has 1 aliphatic rings. The molecule has 0 aromatic heterocycles. The minimum atomic E-state index is -1.49. The Balaban J connectivity index is 1.78. The van der Waals surface area contributed by atoms with Crippen molar-refractivity contribution in [1.29, 1.82) is 5.41 Å². The van der Waals surface area contributed by atoms with Crippen LogP contribution in [0.4, 0.5) is 0 Å². The molecule has 43 heavy (non-hydrogen) atoms. The number of allylic oxidation sites excluding steroid dienone is 1. The van der Waals surface area contributed by atoms with Crippen LogP contribution in [0.5, 0.6) is 11.5 Å². The summed E-state index contributed by atoms with van der Waals surface area (Å²) in [4.78, 5) is 67.8. The number of hydrogen-bond donors (Lipinski definition) is 4. The summed E-state index contributed by atoms with van der Waals surface area (Å²) in [5, 5.41) is 21.4. The van der Waals surface area contributed by atoms with E-state index in [-0.39, 0.29) is 35.6 Å². The second kappa shape index (κ2) is 14.1. The first-order valence-corrected chi connectivity index (χ1v) is 13.2. The highest BCUT2D eigenvalue weighted by Crippen LogP contribution is 2.29. The molecule has 0 fully saturated rings. The van der Waals surface area contributed by atoms with Gasteiger partial charge in [0.15, 0.2) is 11.6 Å². The van der Waals surface area contributed by atoms with E-state index in [1.54, 1.807) is 31.2 Å². The quantitative estimate of drug-likeness (QED) is 0.116. The third-order valence-electron chi connectivity index (χ3n) is 6.35. The van der Waals surface area contributed by atoms with Gasteiger partial charge in [-0.15, -0.1) is 0 Å². The van der Waals surface area contributed by atoms with E-state index in [9.17, 15) is 29.1 Å². The standard InChI is InChI=1S/C30H32N4O9/c1-29(2,17-35)24(25(37)32-16-13-23(36)33-18-31)43-27(39)19-9-4-6-11-21(19)41-26(38)20-10-5-7-12-22(20)42-28(40)30(3)14-8-15-34-30/h4-12,14-15,18,24,35H,13,16-17H2,1-3H3,(H,32,37)(H2,31,33,36)/t24-,30?/m0/s1. The molecule has 1 aliphatic heterocycles. The molecule has 13 heteroatoms. The molecule has 0 radical (unpaired) electrons. The molecule has 226 valence electrons. The third-order valence-corrected chi connectivity index (χ3v) is 6.35. The number of esters is 3. The molecule has 0 bridgehead atoms. The zero-order chi connectivity index (χ0) is 31.6. The minimum Gasteiger partial charge on any atom is -0.448 e. The smallest absolute Gasteiger partial charge is 0.347 e. The number of nitrogens with zero attached hydrogens (tertiary/aromatic N) is 1. The number of rotatable bonds is 13. The first kappa shape index (κ1) is 32.3. The van der Waals surface area contributed by atoms with Crippen molar-refractivity contribution < 1.29 is 43.3 Å². The lowest BCUT2D eigenvalue weighted by molar-refractivity contribution is -0.138. The highest BCUT2D eigenvalue weighted by atomic mass is 16.6. The number of ether oxygens (including phenoxy) is 3. The maximum Gasteiger partial charge on any atom is 0.347 e. The Kier molecular flexibility index (Phi) is 10.6. The van der Waals surface area contributed by atoms with Crippen LogP contribution in [-0.2, 0) is 19.1 Å². The van der Waals surface area contributed by atoms with Crippen LogP contribution in [0.1, 0.15) is 47.9 Å². The highest BCUT2D eigenvalue weighted by molar-refractivity contribution is 5.99. The Morgan fingerprint density at radius 3 is 2.19 bits per heavy atom. The van der Waals surface area contributed by atoms with Crippen LogP contribution in [0, 0.1) is 10.8 Å². The Morgan fingerprint density at radius 1 is 1.00 bits per heavy atom. The second-order valence-electron chi connectivity index (χ2n) is 10.2. The molecule has 4 N–H and O–H groups in total. The molecule has 0 saturated heterocycles. The molecule has 1 unspecified atom stereocenters. The second-order valence-corrected chi connectivity index (χ2v) is 10.2. The number of carbonyl (C=O) groups excluding carboxylic acids is 5. The van der Waals surface area contributed by atoms with Gasteiger partial charge in [0.1, 0.15) is 22.6 Å². The van der Waals surface area contributed by atoms with E-state index in [4.69, 9.17) is 19.6 Å².